The van der Waals surface area contributed by atoms with Gasteiger partial charge in [0.25, 0.3) is 5.91 Å². The monoisotopic (exact) mass is 434 g/mol. The molecule has 32 heavy (non-hydrogen) atoms. The van der Waals surface area contributed by atoms with Gasteiger partial charge in [0.05, 0.1) is 5.69 Å². The van der Waals surface area contributed by atoms with Gasteiger partial charge in [-0.1, -0.05) is 0 Å². The summed E-state index contributed by atoms with van der Waals surface area (Å²) in [6.45, 7) is 3.93. The number of benzene rings is 1. The fourth-order valence-electron chi connectivity index (χ4n) is 5.01. The molecule has 8 heteroatoms. The highest BCUT2D eigenvalue weighted by Gasteiger charge is 2.32. The number of anilines is 2. The lowest BCUT2D eigenvalue weighted by Crippen LogP contribution is -2.30. The van der Waals surface area contributed by atoms with E-state index in [1.807, 2.05) is 36.2 Å². The third kappa shape index (κ3) is 3.83. The van der Waals surface area contributed by atoms with E-state index in [1.54, 1.807) is 4.90 Å². The number of carbonyl (C=O) groups excluding carboxylic acids is 2. The quantitative estimate of drug-likeness (QED) is 0.795. The molecule has 3 aliphatic rings. The predicted molar refractivity (Wildman–Crippen MR) is 123 cm³/mol. The summed E-state index contributed by atoms with van der Waals surface area (Å²) >= 11 is 0. The normalized spacial score (nSPS) is 21.2. The number of hydrogen-bond acceptors (Lipinski definition) is 6. The lowest BCUT2D eigenvalue weighted by molar-refractivity contribution is -0.117. The van der Waals surface area contributed by atoms with E-state index < -0.39 is 0 Å². The fourth-order valence-corrected chi connectivity index (χ4v) is 5.01. The minimum absolute atomic E-state index is 0.0262. The topological polar surface area (TPSA) is 81.7 Å². The molecule has 0 radical (unpaired) electrons. The van der Waals surface area contributed by atoms with Gasteiger partial charge in [-0.05, 0) is 50.6 Å². The van der Waals surface area contributed by atoms with Crippen LogP contribution in [0.5, 0.6) is 0 Å². The largest absolute Gasteiger partial charge is 0.373 e. The van der Waals surface area contributed by atoms with Crippen molar-refractivity contribution in [2.75, 3.05) is 50.5 Å². The average Bonchev–Trinajstić information content (AvgIpc) is 3.47. The first-order valence-electron chi connectivity index (χ1n) is 11.5. The Labute approximate surface area is 188 Å². The zero-order valence-corrected chi connectivity index (χ0v) is 18.8. The Balaban J connectivity index is 1.30. The molecule has 1 N–H and O–H groups in total. The highest BCUT2D eigenvalue weighted by atomic mass is 16.2. The second-order valence-corrected chi connectivity index (χ2v) is 9.03. The molecule has 2 aromatic rings. The number of hydrogen-bond donors (Lipinski definition) is 1. The number of likely N-dealkylation sites (tertiary alicyclic amines) is 1. The Hall–Kier alpha value is -3.00. The predicted octanol–water partition coefficient (Wildman–Crippen LogP) is 2.26. The molecular weight excluding hydrogens is 404 g/mol. The molecule has 1 aromatic carbocycles. The molecule has 1 atom stereocenters. The van der Waals surface area contributed by atoms with Gasteiger partial charge in [0.15, 0.2) is 0 Å². The molecule has 8 nitrogen and oxygen atoms in total. The SMILES string of the molecule is CNc1nc(C2CCN(C(=O)c3ccc(N4CCCC4=O)cc3)C2)nc2c1CCN(C)C2. The van der Waals surface area contributed by atoms with Crippen LogP contribution in [-0.2, 0) is 17.8 Å². The smallest absolute Gasteiger partial charge is 0.253 e. The number of aromatic nitrogens is 2. The van der Waals surface area contributed by atoms with Gasteiger partial charge in [0, 0.05) is 68.9 Å². The highest BCUT2D eigenvalue weighted by molar-refractivity contribution is 5.97. The lowest BCUT2D eigenvalue weighted by Gasteiger charge is -2.26. The number of carbonyl (C=O) groups is 2. The fraction of sp³-hybridized carbons (Fsp3) is 0.500. The van der Waals surface area contributed by atoms with E-state index in [1.165, 1.54) is 5.56 Å². The van der Waals surface area contributed by atoms with Crippen LogP contribution >= 0.6 is 0 Å². The average molecular weight is 435 g/mol. The first-order valence-corrected chi connectivity index (χ1v) is 11.5. The Bertz CT molecular complexity index is 1040. The molecule has 0 saturated carbocycles. The van der Waals surface area contributed by atoms with Crippen LogP contribution < -0.4 is 10.2 Å². The van der Waals surface area contributed by atoms with Crippen molar-refractivity contribution in [2.24, 2.45) is 0 Å². The van der Waals surface area contributed by atoms with E-state index >= 15 is 0 Å². The molecule has 0 bridgehead atoms. The third-order valence-corrected chi connectivity index (χ3v) is 6.85. The summed E-state index contributed by atoms with van der Waals surface area (Å²) in [5, 5.41) is 3.25. The molecule has 1 unspecified atom stereocenters. The summed E-state index contributed by atoms with van der Waals surface area (Å²) in [4.78, 5) is 40.8. The molecule has 5 rings (SSSR count). The zero-order valence-electron chi connectivity index (χ0n) is 18.8. The van der Waals surface area contributed by atoms with Crippen molar-refractivity contribution in [3.63, 3.8) is 0 Å². The number of rotatable bonds is 4. The summed E-state index contributed by atoms with van der Waals surface area (Å²) < 4.78 is 0. The minimum Gasteiger partial charge on any atom is -0.373 e. The van der Waals surface area contributed by atoms with Crippen molar-refractivity contribution in [3.05, 3.63) is 46.9 Å². The van der Waals surface area contributed by atoms with E-state index in [4.69, 9.17) is 9.97 Å². The molecular formula is C24H30N6O2. The van der Waals surface area contributed by atoms with Crippen LogP contribution in [-0.4, -0.2) is 71.9 Å². The maximum Gasteiger partial charge on any atom is 0.253 e. The van der Waals surface area contributed by atoms with Gasteiger partial charge in [0.1, 0.15) is 11.6 Å². The van der Waals surface area contributed by atoms with Crippen molar-refractivity contribution >= 4 is 23.3 Å². The molecule has 3 aliphatic heterocycles. The van der Waals surface area contributed by atoms with E-state index in [-0.39, 0.29) is 17.7 Å². The van der Waals surface area contributed by atoms with E-state index in [2.05, 4.69) is 17.3 Å². The molecule has 4 heterocycles. The second kappa shape index (κ2) is 8.50. The van der Waals surface area contributed by atoms with Gasteiger partial charge in [-0.2, -0.15) is 0 Å². The molecule has 0 aliphatic carbocycles. The van der Waals surface area contributed by atoms with Crippen molar-refractivity contribution < 1.29 is 9.59 Å². The number of fused-ring (bicyclic) bond motifs is 1. The van der Waals surface area contributed by atoms with Gasteiger partial charge >= 0.3 is 0 Å². The summed E-state index contributed by atoms with van der Waals surface area (Å²) in [6, 6.07) is 7.43. The summed E-state index contributed by atoms with van der Waals surface area (Å²) in [5.74, 6) is 2.09. The molecule has 2 amide bonds. The summed E-state index contributed by atoms with van der Waals surface area (Å²) in [6.07, 6.45) is 3.32. The number of nitrogens with zero attached hydrogens (tertiary/aromatic N) is 5. The van der Waals surface area contributed by atoms with Gasteiger partial charge in [0.2, 0.25) is 5.91 Å². The second-order valence-electron chi connectivity index (χ2n) is 9.03. The highest BCUT2D eigenvalue weighted by Crippen LogP contribution is 2.30. The molecule has 2 saturated heterocycles. The Morgan fingerprint density at radius 3 is 2.62 bits per heavy atom. The number of likely N-dealkylation sites (N-methyl/N-ethyl adjacent to an activating group) is 1. The van der Waals surface area contributed by atoms with Crippen LogP contribution in [0.15, 0.2) is 24.3 Å². The van der Waals surface area contributed by atoms with Gasteiger partial charge in [-0.15, -0.1) is 0 Å². The van der Waals surface area contributed by atoms with Crippen LogP contribution in [0.3, 0.4) is 0 Å². The Kier molecular flexibility index (Phi) is 5.55. The first-order chi connectivity index (χ1) is 15.5. The molecule has 1 aromatic heterocycles. The Morgan fingerprint density at radius 1 is 1.09 bits per heavy atom. The maximum absolute atomic E-state index is 13.1. The van der Waals surface area contributed by atoms with Crippen molar-refractivity contribution in [1.29, 1.82) is 0 Å². The number of nitrogens with one attached hydrogen (secondary N) is 1. The van der Waals surface area contributed by atoms with Gasteiger partial charge in [-0.25, -0.2) is 9.97 Å². The molecule has 0 spiro atoms. The van der Waals surface area contributed by atoms with Crippen LogP contribution in [0.4, 0.5) is 11.5 Å². The van der Waals surface area contributed by atoms with Crippen LogP contribution in [0.2, 0.25) is 0 Å². The van der Waals surface area contributed by atoms with Crippen molar-refractivity contribution in [2.45, 2.75) is 38.1 Å². The molecule has 168 valence electrons. The standard InChI is InChI=1S/C24H30N6O2/c1-25-23-19-10-12-28(2)15-20(19)26-22(27-23)17-9-13-29(14-17)24(32)16-5-7-18(8-6-16)30-11-3-4-21(30)31/h5-8,17H,3-4,9-15H2,1-2H3,(H,25,26,27). The van der Waals surface area contributed by atoms with E-state index in [9.17, 15) is 9.59 Å². The molecule has 2 fully saturated rings. The lowest BCUT2D eigenvalue weighted by atomic mass is 10.0. The maximum atomic E-state index is 13.1. The third-order valence-electron chi connectivity index (χ3n) is 6.85. The van der Waals surface area contributed by atoms with Gasteiger partial charge < -0.3 is 20.0 Å². The summed E-state index contributed by atoms with van der Waals surface area (Å²) in [7, 11) is 4.03. The van der Waals surface area contributed by atoms with Gasteiger partial charge in [-0.3, -0.25) is 9.59 Å². The Morgan fingerprint density at radius 2 is 1.91 bits per heavy atom. The van der Waals surface area contributed by atoms with E-state index in [0.29, 0.717) is 25.1 Å². The minimum atomic E-state index is 0.0262. The van der Waals surface area contributed by atoms with Crippen molar-refractivity contribution in [3.8, 4) is 0 Å². The van der Waals surface area contributed by atoms with Crippen molar-refractivity contribution in [1.82, 2.24) is 19.8 Å². The first kappa shape index (κ1) is 20.9. The van der Waals surface area contributed by atoms with E-state index in [0.717, 1.165) is 61.9 Å². The van der Waals surface area contributed by atoms with Crippen LogP contribution in [0, 0.1) is 0 Å². The van der Waals surface area contributed by atoms with Crippen LogP contribution in [0.25, 0.3) is 0 Å². The van der Waals surface area contributed by atoms with Crippen LogP contribution in [0.1, 0.15) is 52.6 Å². The summed E-state index contributed by atoms with van der Waals surface area (Å²) in [5.41, 5.74) is 3.85. The zero-order chi connectivity index (χ0) is 22.2. The number of amides is 2.